The van der Waals surface area contributed by atoms with Gasteiger partial charge in [0.05, 0.1) is 17.9 Å². The summed E-state index contributed by atoms with van der Waals surface area (Å²) in [4.78, 5) is 28.6. The van der Waals surface area contributed by atoms with Crippen molar-refractivity contribution in [3.05, 3.63) is 57.9 Å². The number of urea groups is 1. The van der Waals surface area contributed by atoms with E-state index >= 15 is 0 Å². The van der Waals surface area contributed by atoms with Gasteiger partial charge in [0.1, 0.15) is 5.60 Å². The SMILES string of the molecule is Cn1cc(CNC(=O)OC(C)(C)C)c(NC(=O)Nc2ccccc2N2CCc3sccc3C2)n1. The molecule has 1 aromatic carbocycles. The van der Waals surface area contributed by atoms with Gasteiger partial charge in [-0.15, -0.1) is 11.3 Å². The smallest absolute Gasteiger partial charge is 0.407 e. The average Bonchev–Trinajstić information content (AvgIpc) is 3.36. The normalized spacial score (nSPS) is 13.2. The monoisotopic (exact) mass is 482 g/mol. The molecule has 1 aliphatic heterocycles. The lowest BCUT2D eigenvalue weighted by atomic mass is 10.1. The van der Waals surface area contributed by atoms with Crippen LogP contribution in [0.5, 0.6) is 0 Å². The molecule has 0 spiro atoms. The first-order valence-corrected chi connectivity index (χ1v) is 12.0. The van der Waals surface area contributed by atoms with Gasteiger partial charge in [-0.3, -0.25) is 10.00 Å². The molecule has 0 bridgehead atoms. The van der Waals surface area contributed by atoms with Crippen molar-refractivity contribution in [3.63, 3.8) is 0 Å². The van der Waals surface area contributed by atoms with Gasteiger partial charge in [-0.05, 0) is 56.3 Å². The summed E-state index contributed by atoms with van der Waals surface area (Å²) in [5, 5.41) is 14.9. The second-order valence-corrected chi connectivity index (χ2v) is 10.2. The molecule has 180 valence electrons. The molecule has 0 unspecified atom stereocenters. The van der Waals surface area contributed by atoms with Crippen LogP contribution in [-0.2, 0) is 31.3 Å². The Morgan fingerprint density at radius 3 is 2.76 bits per heavy atom. The molecule has 3 aromatic rings. The molecule has 3 N–H and O–H groups in total. The Morgan fingerprint density at radius 2 is 1.97 bits per heavy atom. The van der Waals surface area contributed by atoms with Crippen molar-refractivity contribution in [2.75, 3.05) is 22.1 Å². The molecule has 0 radical (unpaired) electrons. The van der Waals surface area contributed by atoms with E-state index in [-0.39, 0.29) is 6.54 Å². The fraction of sp³-hybridized carbons (Fsp3) is 0.375. The lowest BCUT2D eigenvalue weighted by molar-refractivity contribution is 0.0523. The third kappa shape index (κ3) is 5.88. The van der Waals surface area contributed by atoms with Crippen LogP contribution in [0, 0.1) is 0 Å². The topological polar surface area (TPSA) is 101 Å². The molecule has 0 fully saturated rings. The van der Waals surface area contributed by atoms with E-state index in [2.05, 4.69) is 37.4 Å². The van der Waals surface area contributed by atoms with Gasteiger partial charge in [0.15, 0.2) is 5.82 Å². The summed E-state index contributed by atoms with van der Waals surface area (Å²) in [6.07, 6.45) is 2.21. The minimum atomic E-state index is -0.591. The Kier molecular flexibility index (Phi) is 6.78. The van der Waals surface area contributed by atoms with Crippen molar-refractivity contribution >= 4 is 40.7 Å². The predicted molar refractivity (Wildman–Crippen MR) is 134 cm³/mol. The number of thiophene rings is 1. The number of carbonyl (C=O) groups excluding carboxylic acids is 2. The fourth-order valence-corrected chi connectivity index (χ4v) is 4.71. The van der Waals surface area contributed by atoms with Crippen LogP contribution in [0.2, 0.25) is 0 Å². The molecule has 10 heteroatoms. The molecule has 0 saturated heterocycles. The number of rotatable bonds is 5. The minimum Gasteiger partial charge on any atom is -0.444 e. The van der Waals surface area contributed by atoms with Gasteiger partial charge in [0.25, 0.3) is 0 Å². The highest BCUT2D eigenvalue weighted by atomic mass is 32.1. The number of carbonyl (C=O) groups is 2. The fourth-order valence-electron chi connectivity index (χ4n) is 3.82. The van der Waals surface area contributed by atoms with Gasteiger partial charge < -0.3 is 20.3 Å². The molecular weight excluding hydrogens is 452 g/mol. The summed E-state index contributed by atoms with van der Waals surface area (Å²) < 4.78 is 6.86. The van der Waals surface area contributed by atoms with E-state index in [0.29, 0.717) is 11.4 Å². The quantitative estimate of drug-likeness (QED) is 0.489. The molecule has 4 rings (SSSR count). The number of alkyl carbamates (subject to hydrolysis) is 1. The van der Waals surface area contributed by atoms with Crippen molar-refractivity contribution in [3.8, 4) is 0 Å². The maximum atomic E-state index is 12.9. The van der Waals surface area contributed by atoms with Crippen LogP contribution in [0.1, 0.15) is 36.8 Å². The van der Waals surface area contributed by atoms with Crippen LogP contribution >= 0.6 is 11.3 Å². The number of ether oxygens (including phenoxy) is 1. The maximum absolute atomic E-state index is 12.9. The van der Waals surface area contributed by atoms with Crippen molar-refractivity contribution < 1.29 is 14.3 Å². The number of aryl methyl sites for hydroxylation is 1. The highest BCUT2D eigenvalue weighted by Crippen LogP contribution is 2.32. The largest absolute Gasteiger partial charge is 0.444 e. The molecule has 9 nitrogen and oxygen atoms in total. The number of nitrogens with one attached hydrogen (secondary N) is 3. The Morgan fingerprint density at radius 1 is 1.18 bits per heavy atom. The van der Waals surface area contributed by atoms with Gasteiger partial charge >= 0.3 is 12.1 Å². The third-order valence-corrected chi connectivity index (χ3v) is 6.28. The van der Waals surface area contributed by atoms with Crippen molar-refractivity contribution in [1.29, 1.82) is 0 Å². The number of hydrogen-bond donors (Lipinski definition) is 3. The summed E-state index contributed by atoms with van der Waals surface area (Å²) in [6.45, 7) is 7.29. The van der Waals surface area contributed by atoms with E-state index in [0.717, 1.165) is 30.9 Å². The average molecular weight is 483 g/mol. The lowest BCUT2D eigenvalue weighted by Gasteiger charge is -2.30. The van der Waals surface area contributed by atoms with E-state index in [9.17, 15) is 9.59 Å². The number of fused-ring (bicyclic) bond motifs is 1. The number of amides is 3. The first-order valence-electron chi connectivity index (χ1n) is 11.1. The first kappa shape index (κ1) is 23.6. The molecule has 3 amide bonds. The number of para-hydroxylation sites is 2. The van der Waals surface area contributed by atoms with Crippen LogP contribution in [0.4, 0.5) is 26.8 Å². The second-order valence-electron chi connectivity index (χ2n) is 9.17. The van der Waals surface area contributed by atoms with Crippen LogP contribution in [-0.4, -0.2) is 34.1 Å². The van der Waals surface area contributed by atoms with E-state index in [1.807, 2.05) is 24.3 Å². The zero-order chi connectivity index (χ0) is 24.3. The summed E-state index contributed by atoms with van der Waals surface area (Å²) in [5.74, 6) is 0.370. The molecule has 34 heavy (non-hydrogen) atoms. The van der Waals surface area contributed by atoms with E-state index in [1.165, 1.54) is 10.4 Å². The molecule has 3 heterocycles. The van der Waals surface area contributed by atoms with Gasteiger partial charge in [-0.1, -0.05) is 12.1 Å². The predicted octanol–water partition coefficient (Wildman–Crippen LogP) is 4.71. The van der Waals surface area contributed by atoms with Crippen molar-refractivity contribution in [2.45, 2.75) is 45.9 Å². The maximum Gasteiger partial charge on any atom is 0.407 e. The molecule has 0 atom stereocenters. The number of hydrogen-bond acceptors (Lipinski definition) is 6. The van der Waals surface area contributed by atoms with E-state index in [4.69, 9.17) is 4.74 Å². The molecule has 0 aliphatic carbocycles. The molecule has 0 saturated carbocycles. The Labute approximate surface area is 203 Å². The number of anilines is 3. The molecule has 2 aromatic heterocycles. The second kappa shape index (κ2) is 9.76. The highest BCUT2D eigenvalue weighted by Gasteiger charge is 2.21. The van der Waals surface area contributed by atoms with E-state index < -0.39 is 17.7 Å². The standard InChI is InChI=1S/C24H30N6O3S/c1-24(2,3)33-23(32)25-13-17-14-29(4)28-21(17)27-22(31)26-18-7-5-6-8-19(18)30-11-9-20-16(15-30)10-12-34-20/h5-8,10,12,14H,9,11,13,15H2,1-4H3,(H,25,32)(H2,26,27,28,31). The molecule has 1 aliphatic rings. The Hall–Kier alpha value is -3.53. The van der Waals surface area contributed by atoms with Crippen LogP contribution < -0.4 is 20.9 Å². The lowest BCUT2D eigenvalue weighted by Crippen LogP contribution is -2.32. The van der Waals surface area contributed by atoms with Crippen LogP contribution in [0.25, 0.3) is 0 Å². The Balaban J connectivity index is 1.41. The van der Waals surface area contributed by atoms with Gasteiger partial charge in [0, 0.05) is 36.8 Å². The summed E-state index contributed by atoms with van der Waals surface area (Å²) in [5.41, 5.74) is 3.11. The summed E-state index contributed by atoms with van der Waals surface area (Å²) in [7, 11) is 1.75. The summed E-state index contributed by atoms with van der Waals surface area (Å²) in [6, 6.07) is 9.54. The van der Waals surface area contributed by atoms with Crippen molar-refractivity contribution in [2.24, 2.45) is 7.05 Å². The number of nitrogens with zero attached hydrogens (tertiary/aromatic N) is 3. The van der Waals surface area contributed by atoms with Crippen molar-refractivity contribution in [1.82, 2.24) is 15.1 Å². The van der Waals surface area contributed by atoms with Gasteiger partial charge in [-0.25, -0.2) is 9.59 Å². The Bertz CT molecular complexity index is 1180. The highest BCUT2D eigenvalue weighted by molar-refractivity contribution is 7.10. The molecular formula is C24H30N6O3S. The summed E-state index contributed by atoms with van der Waals surface area (Å²) >= 11 is 1.80. The third-order valence-electron chi connectivity index (χ3n) is 5.26. The zero-order valence-corrected chi connectivity index (χ0v) is 20.7. The first-order chi connectivity index (χ1) is 16.2. The number of aromatic nitrogens is 2. The van der Waals surface area contributed by atoms with Gasteiger partial charge in [-0.2, -0.15) is 5.10 Å². The minimum absolute atomic E-state index is 0.172. The van der Waals surface area contributed by atoms with Crippen LogP contribution in [0.3, 0.4) is 0 Å². The van der Waals surface area contributed by atoms with Crippen LogP contribution in [0.15, 0.2) is 41.9 Å². The van der Waals surface area contributed by atoms with Gasteiger partial charge in [0.2, 0.25) is 0 Å². The zero-order valence-electron chi connectivity index (χ0n) is 19.8. The number of benzene rings is 1. The van der Waals surface area contributed by atoms with E-state index in [1.54, 1.807) is 50.0 Å².